The second-order valence-electron chi connectivity index (χ2n) is 3.56. The Bertz CT molecular complexity index is 519. The van der Waals surface area contributed by atoms with E-state index in [1.54, 1.807) is 6.92 Å². The molecule has 7 nitrogen and oxygen atoms in total. The number of rotatable bonds is 5. The summed E-state index contributed by atoms with van der Waals surface area (Å²) >= 11 is 5.63. The average Bonchev–Trinajstić information content (AvgIpc) is 2.36. The van der Waals surface area contributed by atoms with E-state index in [0.717, 1.165) is 6.07 Å². The van der Waals surface area contributed by atoms with Crippen molar-refractivity contribution in [1.29, 1.82) is 0 Å². The monoisotopic (exact) mass is 285 g/mol. The van der Waals surface area contributed by atoms with Gasteiger partial charge in [0.05, 0.1) is 11.5 Å². The fourth-order valence-corrected chi connectivity index (χ4v) is 1.50. The minimum absolute atomic E-state index is 0.0507. The number of likely N-dealkylation sites (N-methyl/N-ethyl adjacent to an activating group) is 1. The maximum Gasteiger partial charge on any atom is 0.288 e. The van der Waals surface area contributed by atoms with Gasteiger partial charge in [-0.3, -0.25) is 19.7 Å². The molecule has 1 rings (SSSR count). The number of amides is 2. The van der Waals surface area contributed by atoms with Crippen LogP contribution in [0.3, 0.4) is 0 Å². The van der Waals surface area contributed by atoms with Gasteiger partial charge in [0.1, 0.15) is 5.02 Å². The standard InChI is InChI=1S/C11H12ClN3O4/c1-2-13-10(16)6-14-11(17)7-3-4-8(12)9(5-7)15(18)19/h3-5H,2,6H2,1H3,(H,13,16)(H,14,17). The summed E-state index contributed by atoms with van der Waals surface area (Å²) in [6.45, 7) is 2.02. The molecule has 19 heavy (non-hydrogen) atoms. The molecule has 0 radical (unpaired) electrons. The fourth-order valence-electron chi connectivity index (χ4n) is 1.32. The summed E-state index contributed by atoms with van der Waals surface area (Å²) in [6, 6.07) is 3.68. The Morgan fingerprint density at radius 2 is 2.05 bits per heavy atom. The Morgan fingerprint density at radius 1 is 1.37 bits per heavy atom. The van der Waals surface area contributed by atoms with Crippen molar-refractivity contribution in [1.82, 2.24) is 10.6 Å². The molecular weight excluding hydrogens is 274 g/mol. The molecule has 0 aromatic heterocycles. The summed E-state index contributed by atoms with van der Waals surface area (Å²) in [6.07, 6.45) is 0. The molecule has 2 N–H and O–H groups in total. The first-order valence-corrected chi connectivity index (χ1v) is 5.82. The molecule has 0 fully saturated rings. The number of nitro benzene ring substituents is 1. The van der Waals surface area contributed by atoms with Crippen LogP contribution in [0.15, 0.2) is 18.2 Å². The van der Waals surface area contributed by atoms with Gasteiger partial charge in [0.15, 0.2) is 0 Å². The molecule has 0 aliphatic heterocycles. The van der Waals surface area contributed by atoms with Crippen LogP contribution < -0.4 is 10.6 Å². The van der Waals surface area contributed by atoms with Crippen LogP contribution in [0.5, 0.6) is 0 Å². The summed E-state index contributed by atoms with van der Waals surface area (Å²) in [4.78, 5) is 32.8. The molecule has 102 valence electrons. The van der Waals surface area contributed by atoms with Crippen molar-refractivity contribution >= 4 is 29.1 Å². The zero-order valence-electron chi connectivity index (χ0n) is 10.1. The number of carbonyl (C=O) groups is 2. The maximum absolute atomic E-state index is 11.7. The number of nitro groups is 1. The highest BCUT2D eigenvalue weighted by molar-refractivity contribution is 6.32. The van der Waals surface area contributed by atoms with Crippen LogP contribution in [-0.2, 0) is 4.79 Å². The molecule has 1 aromatic rings. The van der Waals surface area contributed by atoms with E-state index < -0.39 is 10.8 Å². The molecule has 0 aliphatic carbocycles. The van der Waals surface area contributed by atoms with Crippen molar-refractivity contribution in [3.63, 3.8) is 0 Å². The Morgan fingerprint density at radius 3 is 2.63 bits per heavy atom. The number of hydrogen-bond donors (Lipinski definition) is 2. The maximum atomic E-state index is 11.7. The predicted octanol–water partition coefficient (Wildman–Crippen LogP) is 1.11. The third-order valence-corrected chi connectivity index (χ3v) is 2.51. The molecule has 0 aliphatic rings. The van der Waals surface area contributed by atoms with E-state index in [1.165, 1.54) is 12.1 Å². The van der Waals surface area contributed by atoms with Crippen molar-refractivity contribution in [3.05, 3.63) is 38.9 Å². The number of carbonyl (C=O) groups excluding carboxylic acids is 2. The molecular formula is C11H12ClN3O4. The third kappa shape index (κ3) is 4.22. The van der Waals surface area contributed by atoms with Gasteiger partial charge in [-0.05, 0) is 19.1 Å². The Hall–Kier alpha value is -2.15. The molecule has 0 unspecified atom stereocenters. The fraction of sp³-hybridized carbons (Fsp3) is 0.273. The van der Waals surface area contributed by atoms with Gasteiger partial charge in [0.25, 0.3) is 11.6 Å². The molecule has 0 saturated carbocycles. The molecule has 8 heteroatoms. The molecule has 0 spiro atoms. The van der Waals surface area contributed by atoms with Crippen LogP contribution in [0.25, 0.3) is 0 Å². The predicted molar refractivity (Wildman–Crippen MR) is 69.1 cm³/mol. The average molecular weight is 286 g/mol. The lowest BCUT2D eigenvalue weighted by Crippen LogP contribution is -2.36. The van der Waals surface area contributed by atoms with Crippen LogP contribution in [0.4, 0.5) is 5.69 Å². The molecule has 0 atom stereocenters. The van der Waals surface area contributed by atoms with Crippen molar-refractivity contribution < 1.29 is 14.5 Å². The van der Waals surface area contributed by atoms with Gasteiger partial charge in [-0.1, -0.05) is 11.6 Å². The van der Waals surface area contributed by atoms with E-state index in [1.807, 2.05) is 0 Å². The number of hydrogen-bond acceptors (Lipinski definition) is 4. The number of benzene rings is 1. The van der Waals surface area contributed by atoms with Crippen LogP contribution in [0.2, 0.25) is 5.02 Å². The lowest BCUT2D eigenvalue weighted by Gasteiger charge is -2.05. The molecule has 0 saturated heterocycles. The number of nitrogens with one attached hydrogen (secondary N) is 2. The molecule has 0 bridgehead atoms. The van der Waals surface area contributed by atoms with Crippen molar-refractivity contribution in [2.75, 3.05) is 13.1 Å². The lowest BCUT2D eigenvalue weighted by molar-refractivity contribution is -0.384. The highest BCUT2D eigenvalue weighted by atomic mass is 35.5. The van der Waals surface area contributed by atoms with Crippen molar-refractivity contribution in [2.45, 2.75) is 6.92 Å². The minimum Gasteiger partial charge on any atom is -0.355 e. The number of halogens is 1. The van der Waals surface area contributed by atoms with E-state index >= 15 is 0 Å². The Kier molecular flexibility index (Phi) is 5.25. The quantitative estimate of drug-likeness (QED) is 0.625. The molecule has 0 heterocycles. The van der Waals surface area contributed by atoms with E-state index in [4.69, 9.17) is 11.6 Å². The zero-order chi connectivity index (χ0) is 14.4. The summed E-state index contributed by atoms with van der Waals surface area (Å²) < 4.78 is 0. The van der Waals surface area contributed by atoms with Gasteiger partial charge in [-0.2, -0.15) is 0 Å². The van der Waals surface area contributed by atoms with E-state index in [-0.39, 0.29) is 28.7 Å². The first kappa shape index (κ1) is 14.9. The van der Waals surface area contributed by atoms with E-state index in [9.17, 15) is 19.7 Å². The molecule has 2 amide bonds. The second-order valence-corrected chi connectivity index (χ2v) is 3.97. The first-order chi connectivity index (χ1) is 8.95. The minimum atomic E-state index is -0.678. The van der Waals surface area contributed by atoms with Crippen molar-refractivity contribution in [2.24, 2.45) is 0 Å². The summed E-state index contributed by atoms with van der Waals surface area (Å²) in [7, 11) is 0. The zero-order valence-corrected chi connectivity index (χ0v) is 10.9. The van der Waals surface area contributed by atoms with Gasteiger partial charge >= 0.3 is 0 Å². The van der Waals surface area contributed by atoms with Gasteiger partial charge < -0.3 is 10.6 Å². The summed E-state index contributed by atoms with van der Waals surface area (Å²) in [5.74, 6) is -0.912. The van der Waals surface area contributed by atoms with Gasteiger partial charge in [-0.15, -0.1) is 0 Å². The Balaban J connectivity index is 2.75. The number of nitrogens with zero attached hydrogens (tertiary/aromatic N) is 1. The van der Waals surface area contributed by atoms with Crippen LogP contribution in [0.1, 0.15) is 17.3 Å². The van der Waals surface area contributed by atoms with Crippen LogP contribution in [-0.4, -0.2) is 29.8 Å². The normalized spacial score (nSPS) is 9.79. The van der Waals surface area contributed by atoms with E-state index in [0.29, 0.717) is 6.54 Å². The smallest absolute Gasteiger partial charge is 0.288 e. The van der Waals surface area contributed by atoms with E-state index in [2.05, 4.69) is 10.6 Å². The third-order valence-electron chi connectivity index (χ3n) is 2.19. The lowest BCUT2D eigenvalue weighted by atomic mass is 10.2. The highest BCUT2D eigenvalue weighted by Gasteiger charge is 2.16. The Labute approximate surface area is 114 Å². The largest absolute Gasteiger partial charge is 0.355 e. The first-order valence-electron chi connectivity index (χ1n) is 5.44. The van der Waals surface area contributed by atoms with Gasteiger partial charge in [0, 0.05) is 18.2 Å². The second kappa shape index (κ2) is 6.69. The van der Waals surface area contributed by atoms with Crippen LogP contribution >= 0.6 is 11.6 Å². The highest BCUT2D eigenvalue weighted by Crippen LogP contribution is 2.24. The van der Waals surface area contributed by atoms with Crippen LogP contribution in [0, 0.1) is 10.1 Å². The summed E-state index contributed by atoms with van der Waals surface area (Å²) in [5.41, 5.74) is -0.285. The van der Waals surface area contributed by atoms with Gasteiger partial charge in [0.2, 0.25) is 5.91 Å². The SMILES string of the molecule is CCNC(=O)CNC(=O)c1ccc(Cl)c([N+](=O)[O-])c1. The van der Waals surface area contributed by atoms with Gasteiger partial charge in [-0.25, -0.2) is 0 Å². The van der Waals surface area contributed by atoms with Crippen molar-refractivity contribution in [3.8, 4) is 0 Å². The molecule has 1 aromatic carbocycles. The topological polar surface area (TPSA) is 101 Å². The summed E-state index contributed by atoms with van der Waals surface area (Å²) in [5, 5.41) is 15.5.